The highest BCUT2D eigenvalue weighted by Crippen LogP contribution is 2.23. The molecular formula is C12H24N2O2. The third-order valence-corrected chi connectivity index (χ3v) is 3.06. The van der Waals surface area contributed by atoms with Gasteiger partial charge in [-0.25, -0.2) is 4.79 Å². The third kappa shape index (κ3) is 4.39. The van der Waals surface area contributed by atoms with Crippen LogP contribution in [0.2, 0.25) is 0 Å². The lowest BCUT2D eigenvalue weighted by atomic mass is 9.85. The second-order valence-corrected chi connectivity index (χ2v) is 5.02. The van der Waals surface area contributed by atoms with Gasteiger partial charge < -0.3 is 15.8 Å². The Morgan fingerprint density at radius 2 is 2.12 bits per heavy atom. The van der Waals surface area contributed by atoms with Gasteiger partial charge in [0.05, 0.1) is 6.61 Å². The number of carbonyl (C=O) groups is 1. The molecule has 0 bridgehead atoms. The average molecular weight is 228 g/mol. The molecule has 0 aromatic carbocycles. The summed E-state index contributed by atoms with van der Waals surface area (Å²) in [5, 5.41) is 2.93. The van der Waals surface area contributed by atoms with Crippen molar-refractivity contribution in [2.75, 3.05) is 13.2 Å². The van der Waals surface area contributed by atoms with E-state index >= 15 is 0 Å². The Hall–Kier alpha value is -0.770. The minimum absolute atomic E-state index is 0.207. The van der Waals surface area contributed by atoms with Crippen molar-refractivity contribution in [3.8, 4) is 0 Å². The monoisotopic (exact) mass is 228 g/mol. The van der Waals surface area contributed by atoms with E-state index in [4.69, 9.17) is 10.5 Å². The summed E-state index contributed by atoms with van der Waals surface area (Å²) in [6.07, 6.45) is 4.25. The molecule has 2 atom stereocenters. The van der Waals surface area contributed by atoms with Gasteiger partial charge in [-0.15, -0.1) is 0 Å². The number of alkyl carbamates (subject to hydrolysis) is 1. The van der Waals surface area contributed by atoms with E-state index in [0.717, 1.165) is 12.8 Å². The van der Waals surface area contributed by atoms with Crippen molar-refractivity contribution < 1.29 is 9.53 Å². The van der Waals surface area contributed by atoms with Gasteiger partial charge in [-0.05, 0) is 31.2 Å². The first-order valence-corrected chi connectivity index (χ1v) is 6.26. The predicted octanol–water partition coefficient (Wildman–Crippen LogP) is 1.89. The van der Waals surface area contributed by atoms with Crippen molar-refractivity contribution in [2.45, 2.75) is 45.6 Å². The number of carbonyl (C=O) groups excluding carboxylic acids is 1. The van der Waals surface area contributed by atoms with Crippen LogP contribution in [0.5, 0.6) is 0 Å². The van der Waals surface area contributed by atoms with E-state index in [2.05, 4.69) is 5.32 Å². The van der Waals surface area contributed by atoms with Crippen LogP contribution < -0.4 is 11.1 Å². The number of ether oxygens (including phenoxy) is 1. The Labute approximate surface area is 97.9 Å². The third-order valence-electron chi connectivity index (χ3n) is 3.06. The molecule has 0 aromatic heterocycles. The number of nitrogens with one attached hydrogen (secondary N) is 1. The van der Waals surface area contributed by atoms with Gasteiger partial charge in [0.2, 0.25) is 0 Å². The molecule has 2 unspecified atom stereocenters. The van der Waals surface area contributed by atoms with Crippen LogP contribution in [0.25, 0.3) is 0 Å². The van der Waals surface area contributed by atoms with E-state index in [9.17, 15) is 4.79 Å². The lowest BCUT2D eigenvalue weighted by molar-refractivity contribution is 0.121. The van der Waals surface area contributed by atoms with Gasteiger partial charge in [0.15, 0.2) is 0 Å². The molecule has 3 N–H and O–H groups in total. The fourth-order valence-electron chi connectivity index (χ4n) is 2.12. The lowest BCUT2D eigenvalue weighted by Crippen LogP contribution is -2.45. The first kappa shape index (κ1) is 13.3. The maximum absolute atomic E-state index is 11.5. The number of hydrogen-bond donors (Lipinski definition) is 2. The van der Waals surface area contributed by atoms with Crippen LogP contribution in [-0.4, -0.2) is 25.3 Å². The summed E-state index contributed by atoms with van der Waals surface area (Å²) < 4.78 is 5.11. The van der Waals surface area contributed by atoms with Crippen molar-refractivity contribution in [3.05, 3.63) is 0 Å². The highest BCUT2D eigenvalue weighted by Gasteiger charge is 2.25. The van der Waals surface area contributed by atoms with Gasteiger partial charge in [-0.2, -0.15) is 0 Å². The maximum atomic E-state index is 11.5. The van der Waals surface area contributed by atoms with Gasteiger partial charge in [-0.1, -0.05) is 26.7 Å². The molecule has 0 heterocycles. The number of amides is 1. The molecule has 0 saturated heterocycles. The van der Waals surface area contributed by atoms with Gasteiger partial charge in [0.25, 0.3) is 0 Å². The van der Waals surface area contributed by atoms with Crippen LogP contribution in [0.15, 0.2) is 0 Å². The summed E-state index contributed by atoms with van der Waals surface area (Å²) in [6.45, 7) is 5.17. The first-order chi connectivity index (χ1) is 7.63. The quantitative estimate of drug-likeness (QED) is 0.772. The average Bonchev–Trinajstić information content (AvgIpc) is 2.27. The molecule has 0 aliphatic heterocycles. The second kappa shape index (κ2) is 6.74. The van der Waals surface area contributed by atoms with Crippen LogP contribution in [0, 0.1) is 11.8 Å². The largest absolute Gasteiger partial charge is 0.449 e. The smallest absolute Gasteiger partial charge is 0.407 e. The van der Waals surface area contributed by atoms with E-state index < -0.39 is 0 Å². The van der Waals surface area contributed by atoms with E-state index in [1.54, 1.807) is 0 Å². The van der Waals surface area contributed by atoms with Crippen LogP contribution in [0.3, 0.4) is 0 Å². The number of hydrogen-bond acceptors (Lipinski definition) is 3. The van der Waals surface area contributed by atoms with Crippen molar-refractivity contribution in [1.29, 1.82) is 0 Å². The maximum Gasteiger partial charge on any atom is 0.407 e. The van der Waals surface area contributed by atoms with Gasteiger partial charge in [0, 0.05) is 6.04 Å². The Morgan fingerprint density at radius 1 is 1.44 bits per heavy atom. The molecule has 16 heavy (non-hydrogen) atoms. The zero-order chi connectivity index (χ0) is 12.0. The summed E-state index contributed by atoms with van der Waals surface area (Å²) in [6, 6.07) is 0.207. The Balaban J connectivity index is 2.30. The van der Waals surface area contributed by atoms with Crippen LogP contribution >= 0.6 is 0 Å². The Bertz CT molecular complexity index is 219. The number of nitrogens with two attached hydrogens (primary N) is 1. The fraction of sp³-hybridized carbons (Fsp3) is 0.917. The highest BCUT2D eigenvalue weighted by molar-refractivity contribution is 5.67. The molecular weight excluding hydrogens is 204 g/mol. The lowest BCUT2D eigenvalue weighted by Gasteiger charge is -2.30. The molecule has 1 amide bonds. The summed E-state index contributed by atoms with van der Waals surface area (Å²) in [5.41, 5.74) is 5.70. The molecule has 4 heteroatoms. The van der Waals surface area contributed by atoms with Gasteiger partial charge >= 0.3 is 6.09 Å². The molecule has 0 aromatic rings. The van der Waals surface area contributed by atoms with Crippen molar-refractivity contribution in [1.82, 2.24) is 5.32 Å². The molecule has 1 saturated carbocycles. The standard InChI is InChI=1S/C12H24N2O2/c1-9(2)8-16-12(15)14-11-6-4-3-5-10(11)7-13/h9-11H,3-8,13H2,1-2H3,(H,14,15). The van der Waals surface area contributed by atoms with Gasteiger partial charge in [-0.3, -0.25) is 0 Å². The molecule has 0 spiro atoms. The minimum atomic E-state index is -0.293. The summed E-state index contributed by atoms with van der Waals surface area (Å²) >= 11 is 0. The molecule has 1 aliphatic carbocycles. The predicted molar refractivity (Wildman–Crippen MR) is 64.1 cm³/mol. The minimum Gasteiger partial charge on any atom is -0.449 e. The first-order valence-electron chi connectivity index (χ1n) is 6.26. The summed E-state index contributed by atoms with van der Waals surface area (Å²) in [4.78, 5) is 11.5. The fourth-order valence-corrected chi connectivity index (χ4v) is 2.12. The van der Waals surface area contributed by atoms with Crippen LogP contribution in [0.1, 0.15) is 39.5 Å². The van der Waals surface area contributed by atoms with Gasteiger partial charge in [0.1, 0.15) is 0 Å². The van der Waals surface area contributed by atoms with Crippen LogP contribution in [-0.2, 0) is 4.74 Å². The molecule has 0 radical (unpaired) electrons. The van der Waals surface area contributed by atoms with E-state index in [-0.39, 0.29) is 12.1 Å². The van der Waals surface area contributed by atoms with Crippen molar-refractivity contribution in [2.24, 2.45) is 17.6 Å². The molecule has 4 nitrogen and oxygen atoms in total. The summed E-state index contributed by atoms with van der Waals surface area (Å²) in [5.74, 6) is 0.794. The molecule has 1 aliphatic rings. The zero-order valence-corrected chi connectivity index (χ0v) is 10.4. The zero-order valence-electron chi connectivity index (χ0n) is 10.4. The van der Waals surface area contributed by atoms with Crippen LogP contribution in [0.4, 0.5) is 4.79 Å². The Kier molecular flexibility index (Phi) is 5.60. The molecule has 1 fully saturated rings. The highest BCUT2D eigenvalue weighted by atomic mass is 16.5. The van der Waals surface area contributed by atoms with E-state index in [1.165, 1.54) is 12.8 Å². The Morgan fingerprint density at radius 3 is 2.75 bits per heavy atom. The topological polar surface area (TPSA) is 64.3 Å². The summed E-state index contributed by atoms with van der Waals surface area (Å²) in [7, 11) is 0. The normalized spacial score (nSPS) is 25.5. The number of rotatable bonds is 4. The van der Waals surface area contributed by atoms with E-state index in [0.29, 0.717) is 25.0 Å². The SMILES string of the molecule is CC(C)COC(=O)NC1CCCCC1CN. The van der Waals surface area contributed by atoms with Crippen molar-refractivity contribution >= 4 is 6.09 Å². The molecule has 94 valence electrons. The second-order valence-electron chi connectivity index (χ2n) is 5.02. The molecule has 1 rings (SSSR count). The van der Waals surface area contributed by atoms with Crippen molar-refractivity contribution in [3.63, 3.8) is 0 Å². The van der Waals surface area contributed by atoms with E-state index in [1.807, 2.05) is 13.8 Å².